The van der Waals surface area contributed by atoms with Crippen LogP contribution in [0.3, 0.4) is 0 Å². The van der Waals surface area contributed by atoms with E-state index in [9.17, 15) is 9.59 Å². The van der Waals surface area contributed by atoms with Gasteiger partial charge in [-0.2, -0.15) is 0 Å². The minimum Gasteiger partial charge on any atom is -0.326 e. The topological polar surface area (TPSA) is 58.2 Å². The molecular weight excluding hydrogens is 252 g/mol. The first kappa shape index (κ1) is 14.7. The second kappa shape index (κ2) is 6.18. The normalized spacial score (nSPS) is 15.7. The Bertz CT molecular complexity index is 523. The number of aryl methyl sites for hydroxylation is 1. The quantitative estimate of drug-likeness (QED) is 0.811. The summed E-state index contributed by atoms with van der Waals surface area (Å²) in [5, 5.41) is 6.09. The van der Waals surface area contributed by atoms with Gasteiger partial charge in [0, 0.05) is 17.7 Å². The zero-order valence-corrected chi connectivity index (χ0v) is 12.3. The van der Waals surface area contributed by atoms with E-state index in [0.29, 0.717) is 12.8 Å². The molecule has 1 aliphatic rings. The summed E-state index contributed by atoms with van der Waals surface area (Å²) in [4.78, 5) is 23.9. The number of nitrogens with one attached hydrogen (secondary N) is 2. The third kappa shape index (κ3) is 3.07. The van der Waals surface area contributed by atoms with Gasteiger partial charge in [0.25, 0.3) is 0 Å². The molecule has 0 aromatic heterocycles. The average molecular weight is 274 g/mol. The van der Waals surface area contributed by atoms with Crippen LogP contribution < -0.4 is 10.6 Å². The number of ketones is 1. The van der Waals surface area contributed by atoms with Gasteiger partial charge in [-0.3, -0.25) is 9.59 Å². The van der Waals surface area contributed by atoms with E-state index in [4.69, 9.17) is 0 Å². The summed E-state index contributed by atoms with van der Waals surface area (Å²) in [6.07, 6.45) is 1.20. The van der Waals surface area contributed by atoms with Crippen molar-refractivity contribution in [1.29, 1.82) is 0 Å². The number of Topliss-reactive ketones (excluding diaryl/α,β-unsaturated/α-hetero) is 1. The smallest absolute Gasteiger partial charge is 0.224 e. The van der Waals surface area contributed by atoms with Crippen LogP contribution in [0.5, 0.6) is 0 Å². The molecule has 4 heteroatoms. The zero-order chi connectivity index (χ0) is 14.7. The monoisotopic (exact) mass is 274 g/mol. The minimum absolute atomic E-state index is 0.0456. The number of benzene rings is 1. The second-order valence-corrected chi connectivity index (χ2v) is 5.56. The van der Waals surface area contributed by atoms with E-state index in [1.165, 1.54) is 0 Å². The Kier molecular flexibility index (Phi) is 4.55. The third-order valence-corrected chi connectivity index (χ3v) is 3.66. The van der Waals surface area contributed by atoms with Crippen LogP contribution in [-0.4, -0.2) is 24.3 Å². The highest BCUT2D eigenvalue weighted by molar-refractivity contribution is 6.02. The first-order valence-corrected chi connectivity index (χ1v) is 7.23. The van der Waals surface area contributed by atoms with Crippen molar-refractivity contribution >= 4 is 17.4 Å². The molecular formula is C16H22N2O2. The number of anilines is 1. The molecule has 1 aromatic carbocycles. The Morgan fingerprint density at radius 1 is 1.35 bits per heavy atom. The van der Waals surface area contributed by atoms with E-state index in [2.05, 4.69) is 10.6 Å². The number of rotatable bonds is 5. The van der Waals surface area contributed by atoms with Gasteiger partial charge in [-0.25, -0.2) is 0 Å². The number of carbonyl (C=O) groups excluding carboxylic acids is 2. The molecule has 2 rings (SSSR count). The van der Waals surface area contributed by atoms with Gasteiger partial charge >= 0.3 is 0 Å². The molecule has 1 heterocycles. The lowest BCUT2D eigenvalue weighted by molar-refractivity contribution is -0.116. The number of carbonyl (C=O) groups is 2. The number of fused-ring (bicyclic) bond motifs is 1. The van der Waals surface area contributed by atoms with Crippen LogP contribution >= 0.6 is 0 Å². The molecule has 1 atom stereocenters. The molecule has 0 saturated heterocycles. The maximum atomic E-state index is 12.6. The van der Waals surface area contributed by atoms with Crippen LogP contribution in [0.4, 0.5) is 5.69 Å². The molecule has 0 fully saturated rings. The number of amides is 1. The SMILES string of the molecule is CCNC(C(=O)c1ccc2c(c1)CCC(=O)N2)C(C)C. The Hall–Kier alpha value is -1.68. The largest absolute Gasteiger partial charge is 0.326 e. The lowest BCUT2D eigenvalue weighted by atomic mass is 9.92. The molecule has 0 bridgehead atoms. The number of likely N-dealkylation sites (N-methyl/N-ethyl adjacent to an activating group) is 1. The van der Waals surface area contributed by atoms with Crippen molar-refractivity contribution in [2.75, 3.05) is 11.9 Å². The molecule has 0 saturated carbocycles. The van der Waals surface area contributed by atoms with Gasteiger partial charge in [0.15, 0.2) is 5.78 Å². The van der Waals surface area contributed by atoms with Crippen molar-refractivity contribution < 1.29 is 9.59 Å². The van der Waals surface area contributed by atoms with Crippen molar-refractivity contribution in [2.45, 2.75) is 39.7 Å². The standard InChI is InChI=1S/C16H22N2O2/c1-4-17-15(10(2)3)16(20)12-5-7-13-11(9-12)6-8-14(19)18-13/h5,7,9-10,15,17H,4,6,8H2,1-3H3,(H,18,19). The van der Waals surface area contributed by atoms with Gasteiger partial charge in [0.1, 0.15) is 0 Å². The molecule has 1 unspecified atom stereocenters. The number of hydrogen-bond acceptors (Lipinski definition) is 3. The van der Waals surface area contributed by atoms with Crippen LogP contribution in [0, 0.1) is 5.92 Å². The van der Waals surface area contributed by atoms with E-state index in [-0.39, 0.29) is 23.7 Å². The van der Waals surface area contributed by atoms with Gasteiger partial charge in [-0.1, -0.05) is 20.8 Å². The minimum atomic E-state index is -0.156. The van der Waals surface area contributed by atoms with Crippen molar-refractivity contribution in [3.05, 3.63) is 29.3 Å². The van der Waals surface area contributed by atoms with Crippen LogP contribution in [0.1, 0.15) is 43.1 Å². The van der Waals surface area contributed by atoms with Crippen LogP contribution in [0.25, 0.3) is 0 Å². The highest BCUT2D eigenvalue weighted by Crippen LogP contribution is 2.24. The van der Waals surface area contributed by atoms with E-state index < -0.39 is 0 Å². The number of hydrogen-bond donors (Lipinski definition) is 2. The highest BCUT2D eigenvalue weighted by Gasteiger charge is 2.24. The summed E-state index contributed by atoms with van der Waals surface area (Å²) in [6, 6.07) is 5.41. The molecule has 20 heavy (non-hydrogen) atoms. The van der Waals surface area contributed by atoms with Gasteiger partial charge in [0.05, 0.1) is 6.04 Å². The predicted molar refractivity (Wildman–Crippen MR) is 80.0 cm³/mol. The summed E-state index contributed by atoms with van der Waals surface area (Å²) >= 11 is 0. The summed E-state index contributed by atoms with van der Waals surface area (Å²) in [7, 11) is 0. The van der Waals surface area contributed by atoms with Crippen molar-refractivity contribution in [2.24, 2.45) is 5.92 Å². The molecule has 1 aliphatic heterocycles. The van der Waals surface area contributed by atoms with Crippen molar-refractivity contribution in [3.8, 4) is 0 Å². The summed E-state index contributed by atoms with van der Waals surface area (Å²) in [6.45, 7) is 6.87. The van der Waals surface area contributed by atoms with Gasteiger partial charge in [-0.05, 0) is 42.6 Å². The Morgan fingerprint density at radius 3 is 2.75 bits per heavy atom. The van der Waals surface area contributed by atoms with E-state index in [1.54, 1.807) is 6.07 Å². The Morgan fingerprint density at radius 2 is 2.10 bits per heavy atom. The van der Waals surface area contributed by atoms with Gasteiger partial charge < -0.3 is 10.6 Å². The fourth-order valence-corrected chi connectivity index (χ4v) is 2.57. The summed E-state index contributed by atoms with van der Waals surface area (Å²) in [5.74, 6) is 0.420. The maximum absolute atomic E-state index is 12.6. The summed E-state index contributed by atoms with van der Waals surface area (Å²) < 4.78 is 0. The summed E-state index contributed by atoms with van der Waals surface area (Å²) in [5.41, 5.74) is 2.61. The molecule has 2 N–H and O–H groups in total. The third-order valence-electron chi connectivity index (χ3n) is 3.66. The van der Waals surface area contributed by atoms with Gasteiger partial charge in [-0.15, -0.1) is 0 Å². The van der Waals surface area contributed by atoms with Gasteiger partial charge in [0.2, 0.25) is 5.91 Å². The average Bonchev–Trinajstić information content (AvgIpc) is 2.43. The zero-order valence-electron chi connectivity index (χ0n) is 12.3. The maximum Gasteiger partial charge on any atom is 0.224 e. The fraction of sp³-hybridized carbons (Fsp3) is 0.500. The van der Waals surface area contributed by atoms with Crippen molar-refractivity contribution in [1.82, 2.24) is 5.32 Å². The van der Waals surface area contributed by atoms with Crippen LogP contribution in [-0.2, 0) is 11.2 Å². The first-order valence-electron chi connectivity index (χ1n) is 7.23. The van der Waals surface area contributed by atoms with E-state index in [1.807, 2.05) is 32.9 Å². The highest BCUT2D eigenvalue weighted by atomic mass is 16.1. The molecule has 1 aromatic rings. The van der Waals surface area contributed by atoms with Crippen molar-refractivity contribution in [3.63, 3.8) is 0 Å². The molecule has 4 nitrogen and oxygen atoms in total. The van der Waals surface area contributed by atoms with E-state index >= 15 is 0 Å². The lowest BCUT2D eigenvalue weighted by Crippen LogP contribution is -2.41. The second-order valence-electron chi connectivity index (χ2n) is 5.56. The Balaban J connectivity index is 2.24. The molecule has 0 spiro atoms. The predicted octanol–water partition coefficient (Wildman–Crippen LogP) is 2.39. The molecule has 1 amide bonds. The molecule has 108 valence electrons. The molecule has 0 radical (unpaired) electrons. The lowest BCUT2D eigenvalue weighted by Gasteiger charge is -2.22. The first-order chi connectivity index (χ1) is 9.52. The van der Waals surface area contributed by atoms with Crippen LogP contribution in [0.2, 0.25) is 0 Å². The Labute approximate surface area is 119 Å². The fourth-order valence-electron chi connectivity index (χ4n) is 2.57. The van der Waals surface area contributed by atoms with E-state index in [0.717, 1.165) is 23.4 Å². The van der Waals surface area contributed by atoms with Crippen LogP contribution in [0.15, 0.2) is 18.2 Å². The molecule has 0 aliphatic carbocycles.